The Kier molecular flexibility index (Phi) is 4.66. The van der Waals surface area contributed by atoms with Crippen molar-refractivity contribution in [2.75, 3.05) is 18.1 Å². The second-order valence-electron chi connectivity index (χ2n) is 5.77. The van der Waals surface area contributed by atoms with Gasteiger partial charge in [-0.15, -0.1) is 6.58 Å². The van der Waals surface area contributed by atoms with Gasteiger partial charge >= 0.3 is 0 Å². The summed E-state index contributed by atoms with van der Waals surface area (Å²) in [6, 6.07) is 6.62. The first-order valence-electron chi connectivity index (χ1n) is 7.02. The molecule has 20 heavy (non-hydrogen) atoms. The molecule has 1 fully saturated rings. The molecule has 0 bridgehead atoms. The van der Waals surface area contributed by atoms with Crippen molar-refractivity contribution >= 4 is 9.84 Å². The number of hydrogen-bond acceptors (Lipinski definition) is 3. The lowest BCUT2D eigenvalue weighted by Crippen LogP contribution is -2.35. The Balaban J connectivity index is 2.15. The van der Waals surface area contributed by atoms with Crippen LogP contribution in [0.15, 0.2) is 30.9 Å². The molecule has 0 spiro atoms. The van der Waals surface area contributed by atoms with Gasteiger partial charge in [0.1, 0.15) is 0 Å². The molecule has 0 N–H and O–H groups in total. The predicted octanol–water partition coefficient (Wildman–Crippen LogP) is 2.48. The van der Waals surface area contributed by atoms with Crippen LogP contribution in [0.5, 0.6) is 0 Å². The van der Waals surface area contributed by atoms with Gasteiger partial charge in [0.25, 0.3) is 0 Å². The maximum Gasteiger partial charge on any atom is 0.151 e. The van der Waals surface area contributed by atoms with Gasteiger partial charge in [-0.25, -0.2) is 8.42 Å². The summed E-state index contributed by atoms with van der Waals surface area (Å²) in [5.74, 6) is 0.601. The van der Waals surface area contributed by atoms with Crippen molar-refractivity contribution < 1.29 is 8.42 Å². The minimum atomic E-state index is -2.84. The molecule has 0 aromatic heterocycles. The van der Waals surface area contributed by atoms with Gasteiger partial charge in [0.2, 0.25) is 0 Å². The topological polar surface area (TPSA) is 37.4 Å². The third kappa shape index (κ3) is 3.93. The summed E-state index contributed by atoms with van der Waals surface area (Å²) in [6.07, 6.45) is 2.59. The Bertz CT molecular complexity index is 572. The highest BCUT2D eigenvalue weighted by Crippen LogP contribution is 2.20. The zero-order chi connectivity index (χ0) is 14.8. The summed E-state index contributed by atoms with van der Waals surface area (Å²) in [6.45, 7) is 9.49. The summed E-state index contributed by atoms with van der Waals surface area (Å²) in [7, 11) is -2.84. The number of sulfone groups is 1. The van der Waals surface area contributed by atoms with E-state index in [9.17, 15) is 8.42 Å². The van der Waals surface area contributed by atoms with Crippen LogP contribution in [0.25, 0.3) is 0 Å². The van der Waals surface area contributed by atoms with Crippen molar-refractivity contribution in [3.05, 3.63) is 47.5 Å². The average Bonchev–Trinajstić information content (AvgIpc) is 2.68. The molecule has 0 aliphatic carbocycles. The Morgan fingerprint density at radius 3 is 2.45 bits per heavy atom. The van der Waals surface area contributed by atoms with Crippen LogP contribution in [-0.2, 0) is 16.4 Å². The molecular weight excluding hydrogens is 270 g/mol. The standard InChI is InChI=1S/C16H23NO2S/c1-4-6-17(16-5-7-20(18,19)12-16)11-15-9-13(2)8-14(3)10-15/h4,8-10,16H,1,5-7,11-12H2,2-3H3/t16-/m1/s1. The molecule has 1 aliphatic heterocycles. The Morgan fingerprint density at radius 1 is 1.30 bits per heavy atom. The molecule has 4 heteroatoms. The van der Waals surface area contributed by atoms with Crippen LogP contribution >= 0.6 is 0 Å². The van der Waals surface area contributed by atoms with E-state index in [1.807, 2.05) is 6.08 Å². The molecule has 0 unspecified atom stereocenters. The maximum absolute atomic E-state index is 11.7. The molecule has 2 rings (SSSR count). The van der Waals surface area contributed by atoms with E-state index in [0.717, 1.165) is 19.5 Å². The summed E-state index contributed by atoms with van der Waals surface area (Å²) in [5.41, 5.74) is 3.74. The number of aryl methyl sites for hydroxylation is 2. The number of hydrogen-bond donors (Lipinski definition) is 0. The van der Waals surface area contributed by atoms with E-state index < -0.39 is 9.84 Å². The van der Waals surface area contributed by atoms with Crippen molar-refractivity contribution in [3.8, 4) is 0 Å². The maximum atomic E-state index is 11.7. The second-order valence-corrected chi connectivity index (χ2v) is 8.00. The van der Waals surface area contributed by atoms with Crippen molar-refractivity contribution in [2.24, 2.45) is 0 Å². The molecule has 3 nitrogen and oxygen atoms in total. The van der Waals surface area contributed by atoms with Gasteiger partial charge in [0, 0.05) is 19.1 Å². The van der Waals surface area contributed by atoms with Crippen LogP contribution in [0.2, 0.25) is 0 Å². The largest absolute Gasteiger partial charge is 0.291 e. The molecule has 1 saturated heterocycles. The smallest absolute Gasteiger partial charge is 0.151 e. The number of rotatable bonds is 5. The summed E-state index contributed by atoms with van der Waals surface area (Å²) >= 11 is 0. The van der Waals surface area contributed by atoms with Crippen molar-refractivity contribution in [1.82, 2.24) is 4.90 Å². The van der Waals surface area contributed by atoms with Crippen LogP contribution < -0.4 is 0 Å². The number of benzene rings is 1. The highest BCUT2D eigenvalue weighted by molar-refractivity contribution is 7.91. The molecule has 1 aromatic rings. The van der Waals surface area contributed by atoms with Crippen molar-refractivity contribution in [1.29, 1.82) is 0 Å². The van der Waals surface area contributed by atoms with E-state index in [4.69, 9.17) is 0 Å². The van der Waals surface area contributed by atoms with Gasteiger partial charge in [-0.3, -0.25) is 4.90 Å². The quantitative estimate of drug-likeness (QED) is 0.783. The highest BCUT2D eigenvalue weighted by Gasteiger charge is 2.31. The lowest BCUT2D eigenvalue weighted by Gasteiger charge is -2.27. The van der Waals surface area contributed by atoms with Gasteiger partial charge in [0.15, 0.2) is 9.84 Å². The SMILES string of the molecule is C=CCN(Cc1cc(C)cc(C)c1)[C@@H]1CCS(=O)(=O)C1. The molecule has 1 aromatic carbocycles. The fourth-order valence-corrected chi connectivity index (χ4v) is 4.73. The molecule has 1 heterocycles. The predicted molar refractivity (Wildman–Crippen MR) is 83.6 cm³/mol. The molecule has 110 valence electrons. The normalized spacial score (nSPS) is 21.2. The molecule has 0 saturated carbocycles. The monoisotopic (exact) mass is 293 g/mol. The Labute approximate surface area is 122 Å². The Hall–Kier alpha value is -1.13. The molecule has 1 aliphatic rings. The van der Waals surface area contributed by atoms with Gasteiger partial charge in [0.05, 0.1) is 11.5 Å². The Morgan fingerprint density at radius 2 is 1.95 bits per heavy atom. The highest BCUT2D eigenvalue weighted by atomic mass is 32.2. The van der Waals surface area contributed by atoms with Crippen LogP contribution in [0, 0.1) is 13.8 Å². The van der Waals surface area contributed by atoms with Crippen molar-refractivity contribution in [3.63, 3.8) is 0 Å². The van der Waals surface area contributed by atoms with E-state index in [0.29, 0.717) is 5.75 Å². The lowest BCUT2D eigenvalue weighted by atomic mass is 10.1. The van der Waals surface area contributed by atoms with Gasteiger partial charge in [-0.2, -0.15) is 0 Å². The third-order valence-electron chi connectivity index (χ3n) is 3.76. The van der Waals surface area contributed by atoms with E-state index in [1.54, 1.807) is 0 Å². The second kappa shape index (κ2) is 6.10. The molecule has 0 amide bonds. The summed E-state index contributed by atoms with van der Waals surface area (Å²) < 4.78 is 23.3. The summed E-state index contributed by atoms with van der Waals surface area (Å²) in [5, 5.41) is 0. The van der Waals surface area contributed by atoms with Crippen LogP contribution in [0.1, 0.15) is 23.1 Å². The van der Waals surface area contributed by atoms with E-state index in [-0.39, 0.29) is 11.8 Å². The van der Waals surface area contributed by atoms with E-state index in [2.05, 4.69) is 43.5 Å². The van der Waals surface area contributed by atoms with Gasteiger partial charge in [-0.1, -0.05) is 35.4 Å². The molecule has 0 radical (unpaired) electrons. The molecular formula is C16H23NO2S. The van der Waals surface area contributed by atoms with Crippen LogP contribution in [0.4, 0.5) is 0 Å². The number of nitrogens with zero attached hydrogens (tertiary/aromatic N) is 1. The fraction of sp³-hybridized carbons (Fsp3) is 0.500. The van der Waals surface area contributed by atoms with Crippen LogP contribution in [0.3, 0.4) is 0 Å². The minimum Gasteiger partial charge on any atom is -0.291 e. The zero-order valence-corrected chi connectivity index (χ0v) is 13.1. The molecule has 1 atom stereocenters. The van der Waals surface area contributed by atoms with E-state index >= 15 is 0 Å². The third-order valence-corrected chi connectivity index (χ3v) is 5.51. The van der Waals surface area contributed by atoms with Gasteiger partial charge < -0.3 is 0 Å². The first kappa shape index (κ1) is 15.3. The van der Waals surface area contributed by atoms with Crippen molar-refractivity contribution in [2.45, 2.75) is 32.9 Å². The first-order chi connectivity index (χ1) is 9.39. The summed E-state index contributed by atoms with van der Waals surface area (Å²) in [4.78, 5) is 2.23. The fourth-order valence-electron chi connectivity index (χ4n) is 2.97. The van der Waals surface area contributed by atoms with Crippen LogP contribution in [-0.4, -0.2) is 37.4 Å². The minimum absolute atomic E-state index is 0.124. The first-order valence-corrected chi connectivity index (χ1v) is 8.84. The zero-order valence-electron chi connectivity index (χ0n) is 12.3. The van der Waals surface area contributed by atoms with Gasteiger partial charge in [-0.05, 0) is 25.8 Å². The lowest BCUT2D eigenvalue weighted by molar-refractivity contribution is 0.226. The van der Waals surface area contributed by atoms with E-state index in [1.165, 1.54) is 16.7 Å². The average molecular weight is 293 g/mol.